The number of rotatable bonds is 4. The SMILES string of the molecule is O=C(CSc1ccc(C(F)(F)F)cn1)Nc1cccc(Cl)c1Cl. The van der Waals surface area contributed by atoms with Crippen molar-refractivity contribution in [3.8, 4) is 0 Å². The van der Waals surface area contributed by atoms with Crippen molar-refractivity contribution in [1.29, 1.82) is 0 Å². The molecule has 0 aliphatic rings. The van der Waals surface area contributed by atoms with E-state index in [1.54, 1.807) is 18.2 Å². The van der Waals surface area contributed by atoms with Crippen LogP contribution in [0.3, 0.4) is 0 Å². The highest BCUT2D eigenvalue weighted by Gasteiger charge is 2.30. The van der Waals surface area contributed by atoms with Gasteiger partial charge in [0.1, 0.15) is 0 Å². The molecule has 0 radical (unpaired) electrons. The van der Waals surface area contributed by atoms with Crippen molar-refractivity contribution in [3.63, 3.8) is 0 Å². The fraction of sp³-hybridized carbons (Fsp3) is 0.143. The van der Waals surface area contributed by atoms with Crippen LogP contribution in [-0.2, 0) is 11.0 Å². The Labute approximate surface area is 144 Å². The van der Waals surface area contributed by atoms with Gasteiger partial charge < -0.3 is 5.32 Å². The Morgan fingerprint density at radius 3 is 2.57 bits per heavy atom. The molecular formula is C14H9Cl2F3N2OS. The number of thioether (sulfide) groups is 1. The summed E-state index contributed by atoms with van der Waals surface area (Å²) in [4.78, 5) is 15.5. The second kappa shape index (κ2) is 7.42. The van der Waals surface area contributed by atoms with Crippen molar-refractivity contribution < 1.29 is 18.0 Å². The van der Waals surface area contributed by atoms with E-state index in [1.807, 2.05) is 0 Å². The number of hydrogen-bond acceptors (Lipinski definition) is 3. The Morgan fingerprint density at radius 2 is 1.96 bits per heavy atom. The third-order valence-corrected chi connectivity index (χ3v) is 4.40. The summed E-state index contributed by atoms with van der Waals surface area (Å²) in [6.07, 6.45) is -3.70. The molecule has 1 aromatic heterocycles. The number of hydrogen-bond donors (Lipinski definition) is 1. The Kier molecular flexibility index (Phi) is 5.78. The minimum atomic E-state index is -4.43. The summed E-state index contributed by atoms with van der Waals surface area (Å²) in [5.41, 5.74) is -0.470. The highest BCUT2D eigenvalue weighted by atomic mass is 35.5. The second-order valence-corrected chi connectivity index (χ2v) is 6.10. The average molecular weight is 381 g/mol. The number of nitrogens with one attached hydrogen (secondary N) is 1. The largest absolute Gasteiger partial charge is 0.417 e. The van der Waals surface area contributed by atoms with Crippen LogP contribution in [0.5, 0.6) is 0 Å². The normalized spacial score (nSPS) is 11.3. The molecule has 0 spiro atoms. The lowest BCUT2D eigenvalue weighted by atomic mass is 10.3. The number of aromatic nitrogens is 1. The molecule has 1 amide bonds. The van der Waals surface area contributed by atoms with Gasteiger partial charge in [0.15, 0.2) is 0 Å². The van der Waals surface area contributed by atoms with E-state index in [9.17, 15) is 18.0 Å². The summed E-state index contributed by atoms with van der Waals surface area (Å²) in [6.45, 7) is 0. The van der Waals surface area contributed by atoms with Gasteiger partial charge >= 0.3 is 6.18 Å². The molecule has 3 nitrogen and oxygen atoms in total. The fourth-order valence-corrected chi connectivity index (χ4v) is 2.55. The Hall–Kier alpha value is -1.44. The first kappa shape index (κ1) is 17.9. The van der Waals surface area contributed by atoms with Gasteiger partial charge in [-0.15, -0.1) is 0 Å². The first-order valence-electron chi connectivity index (χ1n) is 6.17. The van der Waals surface area contributed by atoms with E-state index in [4.69, 9.17) is 23.2 Å². The van der Waals surface area contributed by atoms with E-state index < -0.39 is 11.7 Å². The standard InChI is InChI=1S/C14H9Cl2F3N2OS/c15-9-2-1-3-10(13(9)16)21-11(22)7-23-12-5-4-8(6-20-12)14(17,18)19/h1-6H,7H2,(H,21,22). The molecule has 1 heterocycles. The van der Waals surface area contributed by atoms with Gasteiger partial charge in [0.2, 0.25) is 5.91 Å². The van der Waals surface area contributed by atoms with Gasteiger partial charge in [-0.3, -0.25) is 4.79 Å². The molecule has 9 heteroatoms. The fourth-order valence-electron chi connectivity index (χ4n) is 1.56. The highest BCUT2D eigenvalue weighted by molar-refractivity contribution is 7.99. The van der Waals surface area contributed by atoms with E-state index in [1.165, 1.54) is 6.07 Å². The van der Waals surface area contributed by atoms with Crippen LogP contribution in [0.25, 0.3) is 0 Å². The molecule has 0 unspecified atom stereocenters. The molecule has 0 fully saturated rings. The van der Waals surface area contributed by atoms with E-state index in [-0.39, 0.29) is 16.7 Å². The number of anilines is 1. The van der Waals surface area contributed by atoms with Crippen molar-refractivity contribution in [1.82, 2.24) is 4.98 Å². The summed E-state index contributed by atoms with van der Waals surface area (Å²) in [5, 5.41) is 3.41. The molecule has 1 N–H and O–H groups in total. The first-order valence-corrected chi connectivity index (χ1v) is 7.91. The first-order chi connectivity index (χ1) is 10.8. The zero-order valence-electron chi connectivity index (χ0n) is 11.3. The Balaban J connectivity index is 1.93. The monoisotopic (exact) mass is 380 g/mol. The van der Waals surface area contributed by atoms with E-state index in [0.717, 1.165) is 24.0 Å². The van der Waals surface area contributed by atoms with Gasteiger partial charge in [-0.2, -0.15) is 13.2 Å². The quantitative estimate of drug-likeness (QED) is 0.746. The maximum Gasteiger partial charge on any atom is 0.417 e. The molecule has 0 saturated heterocycles. The smallest absolute Gasteiger partial charge is 0.324 e. The summed E-state index contributed by atoms with van der Waals surface area (Å²) in [7, 11) is 0. The zero-order valence-corrected chi connectivity index (χ0v) is 13.7. The van der Waals surface area contributed by atoms with Crippen LogP contribution in [-0.4, -0.2) is 16.6 Å². The minimum absolute atomic E-state index is 0.0266. The maximum absolute atomic E-state index is 12.4. The summed E-state index contributed by atoms with van der Waals surface area (Å²) >= 11 is 12.8. The zero-order chi connectivity index (χ0) is 17.0. The van der Waals surface area contributed by atoms with Crippen LogP contribution >= 0.6 is 35.0 Å². The number of amides is 1. The molecule has 2 rings (SSSR count). The van der Waals surface area contributed by atoms with Gasteiger partial charge in [-0.1, -0.05) is 41.0 Å². The van der Waals surface area contributed by atoms with Crippen LogP contribution in [0.1, 0.15) is 5.56 Å². The third kappa shape index (κ3) is 5.02. The third-order valence-electron chi connectivity index (χ3n) is 2.64. The predicted octanol–water partition coefficient (Wildman–Crippen LogP) is 5.14. The molecule has 0 aliphatic carbocycles. The topological polar surface area (TPSA) is 42.0 Å². The minimum Gasteiger partial charge on any atom is -0.324 e. The van der Waals surface area contributed by atoms with Crippen molar-refractivity contribution in [3.05, 3.63) is 52.1 Å². The van der Waals surface area contributed by atoms with Crippen LogP contribution in [0.15, 0.2) is 41.6 Å². The molecule has 0 bridgehead atoms. The summed E-state index contributed by atoms with van der Waals surface area (Å²) < 4.78 is 37.2. The van der Waals surface area contributed by atoms with Crippen LogP contribution in [0.4, 0.5) is 18.9 Å². The maximum atomic E-state index is 12.4. The van der Waals surface area contributed by atoms with E-state index in [0.29, 0.717) is 15.7 Å². The van der Waals surface area contributed by atoms with Gasteiger partial charge in [0.25, 0.3) is 0 Å². The Morgan fingerprint density at radius 1 is 1.22 bits per heavy atom. The molecule has 0 saturated carbocycles. The van der Waals surface area contributed by atoms with E-state index >= 15 is 0 Å². The van der Waals surface area contributed by atoms with Crippen molar-refractivity contribution in [2.75, 3.05) is 11.1 Å². The molecule has 2 aromatic rings. The number of benzene rings is 1. The molecule has 23 heavy (non-hydrogen) atoms. The van der Waals surface area contributed by atoms with Crippen molar-refractivity contribution in [2.24, 2.45) is 0 Å². The second-order valence-electron chi connectivity index (χ2n) is 4.32. The number of pyridine rings is 1. The lowest BCUT2D eigenvalue weighted by Gasteiger charge is -2.08. The highest BCUT2D eigenvalue weighted by Crippen LogP contribution is 2.31. The molecule has 0 aliphatic heterocycles. The number of carbonyl (C=O) groups excluding carboxylic acids is 1. The molecular weight excluding hydrogens is 372 g/mol. The molecule has 0 atom stereocenters. The molecule has 122 valence electrons. The number of nitrogens with zero attached hydrogens (tertiary/aromatic N) is 1. The summed E-state index contributed by atoms with van der Waals surface area (Å²) in [5.74, 6) is -0.401. The number of halogens is 5. The lowest BCUT2D eigenvalue weighted by Crippen LogP contribution is -2.14. The van der Waals surface area contributed by atoms with Gasteiger partial charge in [0.05, 0.1) is 32.1 Å². The van der Waals surface area contributed by atoms with Crippen LogP contribution in [0.2, 0.25) is 10.0 Å². The van der Waals surface area contributed by atoms with Crippen molar-refractivity contribution in [2.45, 2.75) is 11.2 Å². The summed E-state index contributed by atoms with van der Waals surface area (Å²) in [6, 6.07) is 6.94. The van der Waals surface area contributed by atoms with Crippen molar-refractivity contribution >= 4 is 46.6 Å². The number of alkyl halides is 3. The molecule has 1 aromatic carbocycles. The van der Waals surface area contributed by atoms with Gasteiger partial charge in [0, 0.05) is 6.20 Å². The van der Waals surface area contributed by atoms with Crippen LogP contribution < -0.4 is 5.32 Å². The predicted molar refractivity (Wildman–Crippen MR) is 85.1 cm³/mol. The van der Waals surface area contributed by atoms with E-state index in [2.05, 4.69) is 10.3 Å². The van der Waals surface area contributed by atoms with Crippen LogP contribution in [0, 0.1) is 0 Å². The van der Waals surface area contributed by atoms with Gasteiger partial charge in [-0.25, -0.2) is 4.98 Å². The lowest BCUT2D eigenvalue weighted by molar-refractivity contribution is -0.137. The van der Waals surface area contributed by atoms with Gasteiger partial charge in [-0.05, 0) is 24.3 Å². The Bertz CT molecular complexity index is 708. The number of carbonyl (C=O) groups is 1. The average Bonchev–Trinajstić information content (AvgIpc) is 2.49.